The van der Waals surface area contributed by atoms with Gasteiger partial charge in [-0.25, -0.2) is 0 Å². The van der Waals surface area contributed by atoms with Crippen molar-refractivity contribution in [2.45, 2.75) is 49.4 Å². The van der Waals surface area contributed by atoms with Crippen LogP contribution in [0.3, 0.4) is 0 Å². The summed E-state index contributed by atoms with van der Waals surface area (Å²) in [7, 11) is 0. The van der Waals surface area contributed by atoms with Crippen molar-refractivity contribution in [3.05, 3.63) is 12.2 Å². The first-order chi connectivity index (χ1) is 6.66. The summed E-state index contributed by atoms with van der Waals surface area (Å²) in [5.74, 6) is 2.94. The molecule has 80 valence electrons. The molecule has 14 heavy (non-hydrogen) atoms. The van der Waals surface area contributed by atoms with Crippen LogP contribution in [0.4, 0.5) is 0 Å². The normalized spacial score (nSPS) is 43.0. The third-order valence-electron chi connectivity index (χ3n) is 4.25. The van der Waals surface area contributed by atoms with Gasteiger partial charge in [0.05, 0.1) is 0 Å². The molecule has 2 rings (SSSR count). The number of rotatable bonds is 1. The van der Waals surface area contributed by atoms with Gasteiger partial charge in [-0.1, -0.05) is 34.7 Å². The molecule has 0 aliphatic heterocycles. The Hall–Kier alpha value is 0.470. The molecule has 2 saturated carbocycles. The van der Waals surface area contributed by atoms with Crippen molar-refractivity contribution >= 4 is 22.6 Å². The molecule has 0 spiro atoms. The van der Waals surface area contributed by atoms with Crippen LogP contribution in [0.5, 0.6) is 0 Å². The molecule has 0 aromatic carbocycles. The van der Waals surface area contributed by atoms with E-state index < -0.39 is 0 Å². The van der Waals surface area contributed by atoms with Crippen LogP contribution in [0.2, 0.25) is 0 Å². The van der Waals surface area contributed by atoms with E-state index in [4.69, 9.17) is 0 Å². The summed E-state index contributed by atoms with van der Waals surface area (Å²) in [5.41, 5.74) is 1.43. The molecule has 0 amide bonds. The van der Waals surface area contributed by atoms with E-state index in [0.717, 1.165) is 21.7 Å². The van der Waals surface area contributed by atoms with Crippen molar-refractivity contribution in [3.8, 4) is 0 Å². The summed E-state index contributed by atoms with van der Waals surface area (Å²) in [6.45, 7) is 6.35. The predicted molar refractivity (Wildman–Crippen MR) is 70.8 cm³/mol. The number of hydrogen-bond acceptors (Lipinski definition) is 0. The van der Waals surface area contributed by atoms with Gasteiger partial charge in [0.2, 0.25) is 0 Å². The van der Waals surface area contributed by atoms with Crippen molar-refractivity contribution < 1.29 is 0 Å². The van der Waals surface area contributed by atoms with E-state index in [9.17, 15) is 0 Å². The van der Waals surface area contributed by atoms with E-state index >= 15 is 0 Å². The van der Waals surface area contributed by atoms with E-state index in [-0.39, 0.29) is 0 Å². The first kappa shape index (κ1) is 11.0. The van der Waals surface area contributed by atoms with Gasteiger partial charge in [-0.2, -0.15) is 0 Å². The van der Waals surface area contributed by atoms with E-state index in [1.165, 1.54) is 44.1 Å². The van der Waals surface area contributed by atoms with Crippen molar-refractivity contribution in [3.63, 3.8) is 0 Å². The fraction of sp³-hybridized carbons (Fsp3) is 0.846. The Kier molecular flexibility index (Phi) is 3.56. The molecule has 0 aromatic heterocycles. The number of alkyl halides is 1. The van der Waals surface area contributed by atoms with Gasteiger partial charge in [0.25, 0.3) is 0 Å². The van der Waals surface area contributed by atoms with Crippen molar-refractivity contribution in [2.75, 3.05) is 0 Å². The lowest BCUT2D eigenvalue weighted by atomic mass is 9.66. The van der Waals surface area contributed by atoms with E-state index in [1.807, 2.05) is 0 Å². The molecule has 2 fully saturated rings. The van der Waals surface area contributed by atoms with Gasteiger partial charge in [0.15, 0.2) is 0 Å². The third kappa shape index (κ3) is 2.34. The number of halogens is 1. The summed E-state index contributed by atoms with van der Waals surface area (Å²) in [5, 5.41) is 0. The molecular weight excluding hydrogens is 283 g/mol. The molecule has 0 N–H and O–H groups in total. The molecule has 0 radical (unpaired) electrons. The first-order valence-electron chi connectivity index (χ1n) is 5.96. The minimum atomic E-state index is 0.849. The smallest absolute Gasteiger partial charge is 0.0112 e. The van der Waals surface area contributed by atoms with Crippen molar-refractivity contribution in [1.29, 1.82) is 0 Å². The van der Waals surface area contributed by atoms with Crippen LogP contribution in [-0.2, 0) is 0 Å². The lowest BCUT2D eigenvalue weighted by molar-refractivity contribution is 0.149. The molecule has 0 aromatic rings. The summed E-state index contributed by atoms with van der Waals surface area (Å²) in [6, 6.07) is 0. The highest BCUT2D eigenvalue weighted by Gasteiger charge is 2.34. The highest BCUT2D eigenvalue weighted by atomic mass is 127. The molecule has 4 unspecified atom stereocenters. The largest absolute Gasteiger partial charge is 0.0999 e. The fourth-order valence-corrected chi connectivity index (χ4v) is 4.29. The topological polar surface area (TPSA) is 0 Å². The SMILES string of the molecule is C=C(C)C1CCC2CC(I)CCC2C1. The molecule has 0 saturated heterocycles. The van der Waals surface area contributed by atoms with Gasteiger partial charge < -0.3 is 0 Å². The molecule has 0 bridgehead atoms. The standard InChI is InChI=1S/C13H21I/c1-9(2)10-3-4-12-8-13(14)6-5-11(12)7-10/h10-13H,1,3-8H2,2H3. The highest BCUT2D eigenvalue weighted by Crippen LogP contribution is 2.45. The van der Waals surface area contributed by atoms with Gasteiger partial charge in [0, 0.05) is 3.92 Å². The molecule has 1 heteroatoms. The van der Waals surface area contributed by atoms with E-state index in [2.05, 4.69) is 36.1 Å². The van der Waals surface area contributed by atoms with Crippen LogP contribution in [0.1, 0.15) is 45.4 Å². The van der Waals surface area contributed by atoms with Gasteiger partial charge in [-0.3, -0.25) is 0 Å². The Bertz CT molecular complexity index is 221. The first-order valence-corrected chi connectivity index (χ1v) is 7.21. The lowest BCUT2D eigenvalue weighted by Crippen LogP contribution is -2.31. The van der Waals surface area contributed by atoms with Crippen LogP contribution >= 0.6 is 22.6 Å². The second kappa shape index (κ2) is 4.54. The summed E-state index contributed by atoms with van der Waals surface area (Å²) in [6.07, 6.45) is 8.78. The number of fused-ring (bicyclic) bond motifs is 1. The maximum atomic E-state index is 4.13. The lowest BCUT2D eigenvalue weighted by Gasteiger charge is -2.41. The maximum absolute atomic E-state index is 4.13. The Morgan fingerprint density at radius 1 is 1.07 bits per heavy atom. The quantitative estimate of drug-likeness (QED) is 0.378. The molecule has 0 heterocycles. The van der Waals surface area contributed by atoms with Gasteiger partial charge >= 0.3 is 0 Å². The molecule has 2 aliphatic carbocycles. The van der Waals surface area contributed by atoms with Crippen LogP contribution in [0.15, 0.2) is 12.2 Å². The second-order valence-corrected chi connectivity index (χ2v) is 7.05. The van der Waals surface area contributed by atoms with Gasteiger partial charge in [-0.15, -0.1) is 0 Å². The zero-order chi connectivity index (χ0) is 10.1. The second-order valence-electron chi connectivity index (χ2n) is 5.29. The Morgan fingerprint density at radius 3 is 2.43 bits per heavy atom. The summed E-state index contributed by atoms with van der Waals surface area (Å²) >= 11 is 2.65. The Morgan fingerprint density at radius 2 is 1.71 bits per heavy atom. The maximum Gasteiger partial charge on any atom is 0.0112 e. The average molecular weight is 304 g/mol. The van der Waals surface area contributed by atoms with Crippen LogP contribution in [0.25, 0.3) is 0 Å². The van der Waals surface area contributed by atoms with E-state index in [0.29, 0.717) is 0 Å². The molecule has 4 atom stereocenters. The monoisotopic (exact) mass is 304 g/mol. The van der Waals surface area contributed by atoms with E-state index in [1.54, 1.807) is 0 Å². The molecular formula is C13H21I. The zero-order valence-corrected chi connectivity index (χ0v) is 11.3. The average Bonchev–Trinajstić information content (AvgIpc) is 2.16. The van der Waals surface area contributed by atoms with Crippen LogP contribution < -0.4 is 0 Å². The highest BCUT2D eigenvalue weighted by molar-refractivity contribution is 14.1. The van der Waals surface area contributed by atoms with Crippen molar-refractivity contribution in [2.24, 2.45) is 17.8 Å². The molecule has 0 nitrogen and oxygen atoms in total. The number of hydrogen-bond donors (Lipinski definition) is 0. The van der Waals surface area contributed by atoms with Crippen LogP contribution in [0, 0.1) is 17.8 Å². The zero-order valence-electron chi connectivity index (χ0n) is 9.14. The Balaban J connectivity index is 1.94. The number of allylic oxidation sites excluding steroid dienone is 1. The Labute approximate surface area is 102 Å². The minimum Gasteiger partial charge on any atom is -0.0999 e. The fourth-order valence-electron chi connectivity index (χ4n) is 3.28. The third-order valence-corrected chi connectivity index (χ3v) is 5.38. The molecule has 2 aliphatic rings. The van der Waals surface area contributed by atoms with Gasteiger partial charge in [0.1, 0.15) is 0 Å². The summed E-state index contributed by atoms with van der Waals surface area (Å²) in [4.78, 5) is 0. The van der Waals surface area contributed by atoms with Crippen LogP contribution in [-0.4, -0.2) is 3.92 Å². The summed E-state index contributed by atoms with van der Waals surface area (Å²) < 4.78 is 0.968. The predicted octanol–water partition coefficient (Wildman–Crippen LogP) is 4.58. The van der Waals surface area contributed by atoms with Crippen molar-refractivity contribution in [1.82, 2.24) is 0 Å². The minimum absolute atomic E-state index is 0.849. The van der Waals surface area contributed by atoms with Gasteiger partial charge in [-0.05, 0) is 63.2 Å².